The van der Waals surface area contributed by atoms with Crippen molar-refractivity contribution in [3.63, 3.8) is 0 Å². The first kappa shape index (κ1) is 15.5. The van der Waals surface area contributed by atoms with Crippen LogP contribution in [0, 0.1) is 0 Å². The zero-order valence-corrected chi connectivity index (χ0v) is 12.7. The lowest BCUT2D eigenvalue weighted by atomic mass is 10.3. The summed E-state index contributed by atoms with van der Waals surface area (Å²) < 4.78 is 10.5. The van der Waals surface area contributed by atoms with E-state index in [-0.39, 0.29) is 12.5 Å². The highest BCUT2D eigenvalue weighted by Gasteiger charge is 2.06. The molecule has 6 heteroatoms. The molecule has 0 aliphatic carbocycles. The van der Waals surface area contributed by atoms with Gasteiger partial charge in [-0.2, -0.15) is 0 Å². The van der Waals surface area contributed by atoms with Crippen molar-refractivity contribution in [2.45, 2.75) is 0 Å². The molecule has 0 aliphatic heterocycles. The summed E-state index contributed by atoms with van der Waals surface area (Å²) in [5, 5.41) is 3.56. The fraction of sp³-hybridized carbons (Fsp3) is 0.133. The van der Waals surface area contributed by atoms with E-state index in [0.717, 1.165) is 0 Å². The van der Waals surface area contributed by atoms with Gasteiger partial charge in [-0.05, 0) is 30.3 Å². The number of carbonyl (C=O) groups is 1. The third kappa shape index (κ3) is 4.85. The summed E-state index contributed by atoms with van der Waals surface area (Å²) >= 11 is 11.7. The Bertz CT molecular complexity index is 626. The van der Waals surface area contributed by atoms with Crippen molar-refractivity contribution in [1.82, 2.24) is 0 Å². The summed E-state index contributed by atoms with van der Waals surface area (Å²) in [6.45, 7) is -0.128. The number of ether oxygens (including phenoxy) is 2. The molecular formula is C15H13Cl2NO3. The molecule has 0 saturated heterocycles. The summed E-state index contributed by atoms with van der Waals surface area (Å²) in [6.07, 6.45) is 0. The summed E-state index contributed by atoms with van der Waals surface area (Å²) in [5.74, 6) is 0.902. The van der Waals surface area contributed by atoms with Crippen LogP contribution in [0.25, 0.3) is 0 Å². The minimum absolute atomic E-state index is 0.128. The number of amides is 1. The SMILES string of the molecule is COc1cccc(OCC(=O)Nc2cc(Cl)cc(Cl)c2)c1. The zero-order chi connectivity index (χ0) is 15.2. The van der Waals surface area contributed by atoms with Crippen LogP contribution in [0.3, 0.4) is 0 Å². The van der Waals surface area contributed by atoms with Gasteiger partial charge in [0, 0.05) is 21.8 Å². The molecule has 1 amide bonds. The second kappa shape index (κ2) is 7.20. The van der Waals surface area contributed by atoms with Crippen LogP contribution >= 0.6 is 23.2 Å². The lowest BCUT2D eigenvalue weighted by Gasteiger charge is -2.09. The van der Waals surface area contributed by atoms with Gasteiger partial charge in [0.1, 0.15) is 11.5 Å². The van der Waals surface area contributed by atoms with Gasteiger partial charge in [-0.25, -0.2) is 0 Å². The van der Waals surface area contributed by atoms with Crippen molar-refractivity contribution >= 4 is 34.8 Å². The van der Waals surface area contributed by atoms with Crippen molar-refractivity contribution in [2.24, 2.45) is 0 Å². The summed E-state index contributed by atoms with van der Waals surface area (Å²) in [6, 6.07) is 11.8. The molecule has 0 atom stereocenters. The van der Waals surface area contributed by atoms with Crippen molar-refractivity contribution in [3.05, 3.63) is 52.5 Å². The van der Waals surface area contributed by atoms with Gasteiger partial charge in [0.05, 0.1) is 7.11 Å². The van der Waals surface area contributed by atoms with E-state index < -0.39 is 0 Å². The Kier molecular flexibility index (Phi) is 5.31. The molecule has 0 unspecified atom stereocenters. The van der Waals surface area contributed by atoms with Crippen LogP contribution in [-0.2, 0) is 4.79 Å². The Morgan fingerprint density at radius 1 is 1.10 bits per heavy atom. The number of benzene rings is 2. The van der Waals surface area contributed by atoms with Gasteiger partial charge in [0.2, 0.25) is 0 Å². The van der Waals surface area contributed by atoms with Crippen LogP contribution in [0.2, 0.25) is 10.0 Å². The Labute approximate surface area is 132 Å². The van der Waals surface area contributed by atoms with E-state index in [9.17, 15) is 4.79 Å². The van der Waals surface area contributed by atoms with E-state index in [4.69, 9.17) is 32.7 Å². The first-order valence-corrected chi connectivity index (χ1v) is 6.85. The van der Waals surface area contributed by atoms with Crippen LogP contribution in [-0.4, -0.2) is 19.6 Å². The minimum atomic E-state index is -0.309. The van der Waals surface area contributed by atoms with Gasteiger partial charge >= 0.3 is 0 Å². The van der Waals surface area contributed by atoms with E-state index in [0.29, 0.717) is 27.2 Å². The molecule has 2 aromatic rings. The lowest BCUT2D eigenvalue weighted by Crippen LogP contribution is -2.20. The zero-order valence-electron chi connectivity index (χ0n) is 11.2. The van der Waals surface area contributed by atoms with Crippen molar-refractivity contribution in [3.8, 4) is 11.5 Å². The number of carbonyl (C=O) groups excluding carboxylic acids is 1. The molecule has 0 saturated carbocycles. The van der Waals surface area contributed by atoms with Gasteiger partial charge < -0.3 is 14.8 Å². The average molecular weight is 326 g/mol. The second-order valence-electron chi connectivity index (χ2n) is 4.17. The van der Waals surface area contributed by atoms with Crippen molar-refractivity contribution in [2.75, 3.05) is 19.0 Å². The smallest absolute Gasteiger partial charge is 0.262 e. The van der Waals surface area contributed by atoms with Crippen LogP contribution < -0.4 is 14.8 Å². The largest absolute Gasteiger partial charge is 0.497 e. The van der Waals surface area contributed by atoms with Crippen molar-refractivity contribution < 1.29 is 14.3 Å². The van der Waals surface area contributed by atoms with Crippen LogP contribution in [0.5, 0.6) is 11.5 Å². The van der Waals surface area contributed by atoms with Gasteiger partial charge in [0.25, 0.3) is 5.91 Å². The first-order chi connectivity index (χ1) is 10.1. The molecule has 1 N–H and O–H groups in total. The first-order valence-electron chi connectivity index (χ1n) is 6.09. The number of halogens is 2. The van der Waals surface area contributed by atoms with E-state index in [2.05, 4.69) is 5.32 Å². The standard InChI is InChI=1S/C15H13Cl2NO3/c1-20-13-3-2-4-14(8-13)21-9-15(19)18-12-6-10(16)5-11(17)7-12/h2-8H,9H2,1H3,(H,18,19). The molecule has 0 heterocycles. The molecule has 0 fully saturated rings. The maximum absolute atomic E-state index is 11.8. The van der Waals surface area contributed by atoms with E-state index in [1.54, 1.807) is 49.6 Å². The number of nitrogens with one attached hydrogen (secondary N) is 1. The summed E-state index contributed by atoms with van der Waals surface area (Å²) in [7, 11) is 1.56. The predicted octanol–water partition coefficient (Wildman–Crippen LogP) is 4.02. The number of hydrogen-bond donors (Lipinski definition) is 1. The van der Waals surface area contributed by atoms with Gasteiger partial charge in [-0.1, -0.05) is 29.3 Å². The Morgan fingerprint density at radius 3 is 2.43 bits per heavy atom. The highest BCUT2D eigenvalue weighted by molar-refractivity contribution is 6.35. The molecule has 0 bridgehead atoms. The highest BCUT2D eigenvalue weighted by atomic mass is 35.5. The minimum Gasteiger partial charge on any atom is -0.497 e. The number of anilines is 1. The van der Waals surface area contributed by atoms with E-state index >= 15 is 0 Å². The van der Waals surface area contributed by atoms with Crippen LogP contribution in [0.15, 0.2) is 42.5 Å². The van der Waals surface area contributed by atoms with Crippen LogP contribution in [0.1, 0.15) is 0 Å². The molecule has 2 rings (SSSR count). The second-order valence-corrected chi connectivity index (χ2v) is 5.05. The average Bonchev–Trinajstić information content (AvgIpc) is 2.44. The fourth-order valence-corrected chi connectivity index (χ4v) is 2.19. The van der Waals surface area contributed by atoms with Gasteiger partial charge in [-0.15, -0.1) is 0 Å². The maximum atomic E-state index is 11.8. The Hall–Kier alpha value is -1.91. The topological polar surface area (TPSA) is 47.6 Å². The van der Waals surface area contributed by atoms with Crippen LogP contribution in [0.4, 0.5) is 5.69 Å². The summed E-state index contributed by atoms with van der Waals surface area (Å²) in [5.41, 5.74) is 0.520. The molecule has 4 nitrogen and oxygen atoms in total. The van der Waals surface area contributed by atoms with E-state index in [1.165, 1.54) is 0 Å². The molecule has 0 spiro atoms. The molecule has 21 heavy (non-hydrogen) atoms. The maximum Gasteiger partial charge on any atom is 0.262 e. The molecule has 0 aliphatic rings. The lowest BCUT2D eigenvalue weighted by molar-refractivity contribution is -0.118. The molecule has 0 aromatic heterocycles. The highest BCUT2D eigenvalue weighted by Crippen LogP contribution is 2.22. The Morgan fingerprint density at radius 2 is 1.76 bits per heavy atom. The number of rotatable bonds is 5. The fourth-order valence-electron chi connectivity index (χ4n) is 1.66. The number of hydrogen-bond acceptors (Lipinski definition) is 3. The number of methoxy groups -OCH3 is 1. The summed E-state index contributed by atoms with van der Waals surface area (Å²) in [4.78, 5) is 11.8. The van der Waals surface area contributed by atoms with Gasteiger partial charge in [-0.3, -0.25) is 4.79 Å². The third-order valence-electron chi connectivity index (χ3n) is 2.56. The van der Waals surface area contributed by atoms with Crippen molar-refractivity contribution in [1.29, 1.82) is 0 Å². The third-order valence-corrected chi connectivity index (χ3v) is 2.99. The quantitative estimate of drug-likeness (QED) is 0.903. The predicted molar refractivity (Wildman–Crippen MR) is 83.6 cm³/mol. The molecule has 0 radical (unpaired) electrons. The monoisotopic (exact) mass is 325 g/mol. The molecule has 2 aromatic carbocycles. The van der Waals surface area contributed by atoms with Gasteiger partial charge in [0.15, 0.2) is 6.61 Å². The Balaban J connectivity index is 1.92. The molecule has 110 valence electrons. The normalized spacial score (nSPS) is 10.0. The molecular weight excluding hydrogens is 313 g/mol. The van der Waals surface area contributed by atoms with E-state index in [1.807, 2.05) is 0 Å².